The molecular weight excluding hydrogens is 264 g/mol. The molecule has 1 atom stereocenters. The van der Waals surface area contributed by atoms with Crippen LogP contribution in [0, 0.1) is 6.92 Å². The highest BCUT2D eigenvalue weighted by Crippen LogP contribution is 2.19. The molecule has 2 aromatic carbocycles. The molecule has 0 spiro atoms. The number of nitrogens with two attached hydrogens (primary N) is 1. The SMILES string of the molecule is Cc1ccccc1OC(C)C(=O)Nc1ccccc1CN. The van der Waals surface area contributed by atoms with E-state index in [9.17, 15) is 4.79 Å². The molecule has 110 valence electrons. The van der Waals surface area contributed by atoms with Crippen molar-refractivity contribution in [2.45, 2.75) is 26.5 Å². The fraction of sp³-hybridized carbons (Fsp3) is 0.235. The van der Waals surface area contributed by atoms with Crippen LogP contribution >= 0.6 is 0 Å². The average molecular weight is 284 g/mol. The molecular formula is C17H20N2O2. The van der Waals surface area contributed by atoms with Gasteiger partial charge in [0.2, 0.25) is 0 Å². The summed E-state index contributed by atoms with van der Waals surface area (Å²) in [6.45, 7) is 4.06. The number of anilines is 1. The molecule has 0 saturated heterocycles. The van der Waals surface area contributed by atoms with E-state index in [1.165, 1.54) is 0 Å². The van der Waals surface area contributed by atoms with Crippen LogP contribution in [-0.4, -0.2) is 12.0 Å². The first-order valence-corrected chi connectivity index (χ1v) is 6.93. The van der Waals surface area contributed by atoms with Gasteiger partial charge in [0, 0.05) is 12.2 Å². The Balaban J connectivity index is 2.05. The summed E-state index contributed by atoms with van der Waals surface area (Å²) in [4.78, 5) is 12.2. The highest BCUT2D eigenvalue weighted by Gasteiger charge is 2.16. The summed E-state index contributed by atoms with van der Waals surface area (Å²) in [5.41, 5.74) is 8.29. The molecule has 3 N–H and O–H groups in total. The lowest BCUT2D eigenvalue weighted by Crippen LogP contribution is -2.30. The minimum absolute atomic E-state index is 0.195. The van der Waals surface area contributed by atoms with Gasteiger partial charge in [0.1, 0.15) is 5.75 Å². The standard InChI is InChI=1S/C17H20N2O2/c1-12-7-3-6-10-16(12)21-13(2)17(20)19-15-9-5-4-8-14(15)11-18/h3-10,13H,11,18H2,1-2H3,(H,19,20). The Morgan fingerprint density at radius 1 is 1.19 bits per heavy atom. The third-order valence-electron chi connectivity index (χ3n) is 3.26. The topological polar surface area (TPSA) is 64.3 Å². The molecule has 2 rings (SSSR count). The maximum Gasteiger partial charge on any atom is 0.265 e. The maximum absolute atomic E-state index is 12.2. The van der Waals surface area contributed by atoms with E-state index in [1.807, 2.05) is 55.5 Å². The Morgan fingerprint density at radius 2 is 1.86 bits per heavy atom. The first kappa shape index (κ1) is 15.1. The third-order valence-corrected chi connectivity index (χ3v) is 3.26. The molecule has 1 unspecified atom stereocenters. The molecule has 0 fully saturated rings. The molecule has 0 saturated carbocycles. The van der Waals surface area contributed by atoms with E-state index in [2.05, 4.69) is 5.32 Å². The van der Waals surface area contributed by atoms with E-state index in [4.69, 9.17) is 10.5 Å². The number of rotatable bonds is 5. The fourth-order valence-electron chi connectivity index (χ4n) is 1.99. The molecule has 0 aromatic heterocycles. The number of aryl methyl sites for hydroxylation is 1. The predicted octanol–water partition coefficient (Wildman–Crippen LogP) is 2.86. The Kier molecular flexibility index (Phi) is 4.95. The fourth-order valence-corrected chi connectivity index (χ4v) is 1.99. The second-order valence-corrected chi connectivity index (χ2v) is 4.88. The van der Waals surface area contributed by atoms with E-state index < -0.39 is 6.10 Å². The van der Waals surface area contributed by atoms with Crippen LogP contribution in [0.5, 0.6) is 5.75 Å². The van der Waals surface area contributed by atoms with Gasteiger partial charge in [-0.25, -0.2) is 0 Å². The number of carbonyl (C=O) groups excluding carboxylic acids is 1. The van der Waals surface area contributed by atoms with Crippen molar-refractivity contribution in [3.63, 3.8) is 0 Å². The number of nitrogens with one attached hydrogen (secondary N) is 1. The van der Waals surface area contributed by atoms with Gasteiger partial charge >= 0.3 is 0 Å². The van der Waals surface area contributed by atoms with Crippen LogP contribution < -0.4 is 15.8 Å². The van der Waals surface area contributed by atoms with Gasteiger partial charge in [0.15, 0.2) is 6.10 Å². The van der Waals surface area contributed by atoms with E-state index in [-0.39, 0.29) is 5.91 Å². The van der Waals surface area contributed by atoms with Gasteiger partial charge in [-0.15, -0.1) is 0 Å². The summed E-state index contributed by atoms with van der Waals surface area (Å²) in [5, 5.41) is 2.86. The minimum Gasteiger partial charge on any atom is -0.481 e. The van der Waals surface area contributed by atoms with Crippen LogP contribution in [0.1, 0.15) is 18.1 Å². The Bertz CT molecular complexity index is 626. The number of hydrogen-bond donors (Lipinski definition) is 2. The van der Waals surface area contributed by atoms with Crippen LogP contribution in [0.25, 0.3) is 0 Å². The number of benzene rings is 2. The lowest BCUT2D eigenvalue weighted by atomic mass is 10.1. The number of amides is 1. The zero-order valence-corrected chi connectivity index (χ0v) is 12.3. The van der Waals surface area contributed by atoms with Gasteiger partial charge < -0.3 is 15.8 Å². The Morgan fingerprint density at radius 3 is 2.57 bits per heavy atom. The van der Waals surface area contributed by atoms with E-state index in [0.29, 0.717) is 12.3 Å². The molecule has 4 nitrogen and oxygen atoms in total. The van der Waals surface area contributed by atoms with Gasteiger partial charge in [0.25, 0.3) is 5.91 Å². The van der Waals surface area contributed by atoms with Crippen LogP contribution in [0.4, 0.5) is 5.69 Å². The molecule has 0 aliphatic rings. The number of para-hydroxylation sites is 2. The summed E-state index contributed by atoms with van der Waals surface area (Å²) in [7, 11) is 0. The van der Waals surface area contributed by atoms with Crippen LogP contribution in [0.15, 0.2) is 48.5 Å². The van der Waals surface area contributed by atoms with Crippen molar-refractivity contribution in [2.24, 2.45) is 5.73 Å². The van der Waals surface area contributed by atoms with E-state index in [0.717, 1.165) is 16.8 Å². The zero-order chi connectivity index (χ0) is 15.2. The monoisotopic (exact) mass is 284 g/mol. The Labute approximate surface area is 124 Å². The highest BCUT2D eigenvalue weighted by molar-refractivity contribution is 5.94. The first-order chi connectivity index (χ1) is 10.1. The summed E-state index contributed by atoms with van der Waals surface area (Å²) in [6.07, 6.45) is -0.586. The molecule has 4 heteroatoms. The highest BCUT2D eigenvalue weighted by atomic mass is 16.5. The third kappa shape index (κ3) is 3.83. The summed E-state index contributed by atoms with van der Waals surface area (Å²) in [5.74, 6) is 0.520. The smallest absolute Gasteiger partial charge is 0.265 e. The van der Waals surface area contributed by atoms with Gasteiger partial charge in [0.05, 0.1) is 0 Å². The molecule has 0 radical (unpaired) electrons. The largest absolute Gasteiger partial charge is 0.481 e. The van der Waals surface area contributed by atoms with Gasteiger partial charge in [-0.1, -0.05) is 36.4 Å². The van der Waals surface area contributed by atoms with E-state index in [1.54, 1.807) is 6.92 Å². The van der Waals surface area contributed by atoms with Gasteiger partial charge in [-0.3, -0.25) is 4.79 Å². The van der Waals surface area contributed by atoms with Crippen molar-refractivity contribution in [3.05, 3.63) is 59.7 Å². The molecule has 0 aliphatic heterocycles. The number of carbonyl (C=O) groups is 1. The van der Waals surface area contributed by atoms with Crippen molar-refractivity contribution in [3.8, 4) is 5.75 Å². The molecule has 1 amide bonds. The summed E-state index contributed by atoms with van der Waals surface area (Å²) >= 11 is 0. The van der Waals surface area contributed by atoms with Crippen molar-refractivity contribution in [1.82, 2.24) is 0 Å². The number of hydrogen-bond acceptors (Lipinski definition) is 3. The predicted molar refractivity (Wildman–Crippen MR) is 84.2 cm³/mol. The lowest BCUT2D eigenvalue weighted by molar-refractivity contribution is -0.122. The number of ether oxygens (including phenoxy) is 1. The van der Waals surface area contributed by atoms with E-state index >= 15 is 0 Å². The van der Waals surface area contributed by atoms with Gasteiger partial charge in [-0.05, 0) is 37.1 Å². The average Bonchev–Trinajstić information content (AvgIpc) is 2.50. The summed E-state index contributed by atoms with van der Waals surface area (Å²) < 4.78 is 5.71. The van der Waals surface area contributed by atoms with Crippen molar-refractivity contribution < 1.29 is 9.53 Å². The zero-order valence-electron chi connectivity index (χ0n) is 12.3. The first-order valence-electron chi connectivity index (χ1n) is 6.93. The molecule has 0 bridgehead atoms. The second kappa shape index (κ2) is 6.90. The second-order valence-electron chi connectivity index (χ2n) is 4.88. The Hall–Kier alpha value is -2.33. The van der Waals surface area contributed by atoms with Crippen LogP contribution in [0.3, 0.4) is 0 Å². The van der Waals surface area contributed by atoms with Crippen molar-refractivity contribution in [2.75, 3.05) is 5.32 Å². The van der Waals surface area contributed by atoms with Crippen LogP contribution in [-0.2, 0) is 11.3 Å². The molecule has 2 aromatic rings. The maximum atomic E-state index is 12.2. The van der Waals surface area contributed by atoms with Crippen molar-refractivity contribution >= 4 is 11.6 Å². The lowest BCUT2D eigenvalue weighted by Gasteiger charge is -2.17. The molecule has 21 heavy (non-hydrogen) atoms. The molecule has 0 aliphatic carbocycles. The normalized spacial score (nSPS) is 11.8. The van der Waals surface area contributed by atoms with Crippen LogP contribution in [0.2, 0.25) is 0 Å². The van der Waals surface area contributed by atoms with Gasteiger partial charge in [-0.2, -0.15) is 0 Å². The van der Waals surface area contributed by atoms with Crippen molar-refractivity contribution in [1.29, 1.82) is 0 Å². The summed E-state index contributed by atoms with van der Waals surface area (Å²) in [6, 6.07) is 15.1. The molecule has 0 heterocycles. The quantitative estimate of drug-likeness (QED) is 0.887. The minimum atomic E-state index is -0.586.